The number of benzene rings is 2. The first-order valence-electron chi connectivity index (χ1n) is 8.76. The number of amides is 2. The average Bonchev–Trinajstić information content (AvgIpc) is 2.65. The summed E-state index contributed by atoms with van der Waals surface area (Å²) in [6, 6.07) is 17.3. The Morgan fingerprint density at radius 2 is 1.69 bits per heavy atom. The van der Waals surface area contributed by atoms with E-state index in [1.54, 1.807) is 4.90 Å². The van der Waals surface area contributed by atoms with Crippen LogP contribution in [0.4, 0.5) is 10.5 Å². The van der Waals surface area contributed by atoms with Gasteiger partial charge in [-0.05, 0) is 29.2 Å². The molecule has 0 aromatic heterocycles. The number of nitrogens with zero attached hydrogens (tertiary/aromatic N) is 1. The molecule has 0 heterocycles. The Labute approximate surface area is 155 Å². The molecule has 0 saturated heterocycles. The largest absolute Gasteiger partial charge is 0.469 e. The summed E-state index contributed by atoms with van der Waals surface area (Å²) in [6.07, 6.45) is 0.156. The van der Waals surface area contributed by atoms with Crippen LogP contribution in [0, 0.1) is 0 Å². The van der Waals surface area contributed by atoms with E-state index in [0.717, 1.165) is 11.3 Å². The standard InChI is InChI=1S/C21H26N2O3/c1-16(2)18-9-11-19(12-10-18)22-21(25)23(14-13-20(24)26-3)15-17-7-5-4-6-8-17/h4-12,16H,13-15H2,1-3H3,(H,22,25). The molecule has 0 fully saturated rings. The third-order valence-corrected chi connectivity index (χ3v) is 4.15. The summed E-state index contributed by atoms with van der Waals surface area (Å²) in [4.78, 5) is 25.8. The Bertz CT molecular complexity index is 712. The molecule has 5 heteroatoms. The van der Waals surface area contributed by atoms with Gasteiger partial charge in [-0.2, -0.15) is 0 Å². The zero-order valence-corrected chi connectivity index (χ0v) is 15.6. The van der Waals surface area contributed by atoms with Crippen LogP contribution in [0.3, 0.4) is 0 Å². The van der Waals surface area contributed by atoms with Gasteiger partial charge in [0.2, 0.25) is 0 Å². The van der Waals surface area contributed by atoms with Crippen LogP contribution >= 0.6 is 0 Å². The van der Waals surface area contributed by atoms with Crippen molar-refractivity contribution in [3.8, 4) is 0 Å². The molecule has 0 radical (unpaired) electrons. The predicted octanol–water partition coefficient (Wildman–Crippen LogP) is 4.41. The maximum absolute atomic E-state index is 12.7. The topological polar surface area (TPSA) is 58.6 Å². The van der Waals surface area contributed by atoms with Gasteiger partial charge in [0.1, 0.15) is 0 Å². The van der Waals surface area contributed by atoms with Crippen molar-refractivity contribution < 1.29 is 14.3 Å². The van der Waals surface area contributed by atoms with Crippen LogP contribution in [-0.2, 0) is 16.1 Å². The van der Waals surface area contributed by atoms with Crippen LogP contribution in [0.25, 0.3) is 0 Å². The van der Waals surface area contributed by atoms with Crippen LogP contribution in [0.1, 0.15) is 37.3 Å². The van der Waals surface area contributed by atoms with Gasteiger partial charge in [-0.15, -0.1) is 0 Å². The summed E-state index contributed by atoms with van der Waals surface area (Å²) in [5.41, 5.74) is 2.95. The van der Waals surface area contributed by atoms with Gasteiger partial charge in [-0.1, -0.05) is 56.3 Å². The van der Waals surface area contributed by atoms with E-state index >= 15 is 0 Å². The quantitative estimate of drug-likeness (QED) is 0.750. The maximum Gasteiger partial charge on any atom is 0.322 e. The zero-order valence-electron chi connectivity index (χ0n) is 15.6. The number of ether oxygens (including phenoxy) is 1. The second-order valence-corrected chi connectivity index (χ2v) is 6.44. The molecule has 5 nitrogen and oxygen atoms in total. The highest BCUT2D eigenvalue weighted by molar-refractivity contribution is 5.89. The highest BCUT2D eigenvalue weighted by atomic mass is 16.5. The highest BCUT2D eigenvalue weighted by Crippen LogP contribution is 2.18. The van der Waals surface area contributed by atoms with Crippen LogP contribution in [0.2, 0.25) is 0 Å². The molecule has 2 aromatic rings. The first kappa shape index (κ1) is 19.5. The first-order chi connectivity index (χ1) is 12.5. The minimum Gasteiger partial charge on any atom is -0.469 e. The molecule has 0 aliphatic carbocycles. The number of hydrogen-bond acceptors (Lipinski definition) is 3. The van der Waals surface area contributed by atoms with E-state index in [2.05, 4.69) is 23.9 Å². The molecule has 2 amide bonds. The third-order valence-electron chi connectivity index (χ3n) is 4.15. The van der Waals surface area contributed by atoms with E-state index in [9.17, 15) is 9.59 Å². The van der Waals surface area contributed by atoms with Crippen molar-refractivity contribution in [2.45, 2.75) is 32.7 Å². The minimum atomic E-state index is -0.336. The van der Waals surface area contributed by atoms with Crippen molar-refractivity contribution in [3.05, 3.63) is 65.7 Å². The lowest BCUT2D eigenvalue weighted by atomic mass is 10.0. The molecular formula is C21H26N2O3. The third kappa shape index (κ3) is 5.92. The summed E-state index contributed by atoms with van der Waals surface area (Å²) >= 11 is 0. The van der Waals surface area contributed by atoms with Crippen molar-refractivity contribution in [1.29, 1.82) is 0 Å². The SMILES string of the molecule is COC(=O)CCN(Cc1ccccc1)C(=O)Nc1ccc(C(C)C)cc1. The van der Waals surface area contributed by atoms with Crippen molar-refractivity contribution in [2.24, 2.45) is 0 Å². The van der Waals surface area contributed by atoms with Gasteiger partial charge in [0, 0.05) is 18.8 Å². The number of rotatable bonds is 7. The second-order valence-electron chi connectivity index (χ2n) is 6.44. The molecule has 0 bridgehead atoms. The van der Waals surface area contributed by atoms with E-state index in [4.69, 9.17) is 0 Å². The summed E-state index contributed by atoms with van der Waals surface area (Å²) in [7, 11) is 1.35. The monoisotopic (exact) mass is 354 g/mol. The molecular weight excluding hydrogens is 328 g/mol. The van der Waals surface area contributed by atoms with E-state index in [0.29, 0.717) is 12.5 Å². The fraction of sp³-hybridized carbons (Fsp3) is 0.333. The number of anilines is 1. The fourth-order valence-corrected chi connectivity index (χ4v) is 2.54. The number of urea groups is 1. The van der Waals surface area contributed by atoms with Crippen molar-refractivity contribution in [2.75, 3.05) is 19.0 Å². The zero-order chi connectivity index (χ0) is 18.9. The van der Waals surface area contributed by atoms with Gasteiger partial charge in [-0.3, -0.25) is 4.79 Å². The number of hydrogen-bond donors (Lipinski definition) is 1. The lowest BCUT2D eigenvalue weighted by Gasteiger charge is -2.23. The molecule has 0 spiro atoms. The number of methoxy groups -OCH3 is 1. The van der Waals surface area contributed by atoms with E-state index in [1.807, 2.05) is 54.6 Å². The van der Waals surface area contributed by atoms with Crippen molar-refractivity contribution >= 4 is 17.7 Å². The summed E-state index contributed by atoms with van der Waals surface area (Å²) in [6.45, 7) is 4.97. The Hall–Kier alpha value is -2.82. The van der Waals surface area contributed by atoms with Gasteiger partial charge in [0.15, 0.2) is 0 Å². The molecule has 1 N–H and O–H groups in total. The molecule has 0 aliphatic rings. The summed E-state index contributed by atoms with van der Waals surface area (Å²) in [5, 5.41) is 2.91. The Balaban J connectivity index is 2.06. The lowest BCUT2D eigenvalue weighted by Crippen LogP contribution is -2.36. The maximum atomic E-state index is 12.7. The van der Waals surface area contributed by atoms with Crippen molar-refractivity contribution in [3.63, 3.8) is 0 Å². The molecule has 2 rings (SSSR count). The van der Waals surface area contributed by atoms with Gasteiger partial charge in [-0.25, -0.2) is 4.79 Å². The second kappa shape index (κ2) is 9.61. The van der Waals surface area contributed by atoms with Gasteiger partial charge >= 0.3 is 12.0 Å². The van der Waals surface area contributed by atoms with Gasteiger partial charge < -0.3 is 15.0 Å². The van der Waals surface area contributed by atoms with Crippen LogP contribution in [0.15, 0.2) is 54.6 Å². The molecule has 2 aromatic carbocycles. The minimum absolute atomic E-state index is 0.156. The normalized spacial score (nSPS) is 10.5. The lowest BCUT2D eigenvalue weighted by molar-refractivity contribution is -0.140. The molecule has 0 unspecified atom stereocenters. The van der Waals surface area contributed by atoms with Gasteiger partial charge in [0.25, 0.3) is 0 Å². The van der Waals surface area contributed by atoms with Crippen LogP contribution in [0.5, 0.6) is 0 Å². The average molecular weight is 354 g/mol. The number of nitrogens with one attached hydrogen (secondary N) is 1. The fourth-order valence-electron chi connectivity index (χ4n) is 2.54. The van der Waals surface area contributed by atoms with E-state index in [-0.39, 0.29) is 25.0 Å². The molecule has 0 aliphatic heterocycles. The van der Waals surface area contributed by atoms with E-state index < -0.39 is 0 Å². The molecule has 0 atom stereocenters. The summed E-state index contributed by atoms with van der Waals surface area (Å²) < 4.78 is 4.69. The first-order valence-corrected chi connectivity index (χ1v) is 8.76. The smallest absolute Gasteiger partial charge is 0.322 e. The summed E-state index contributed by atoms with van der Waals surface area (Å²) in [5.74, 6) is 0.103. The number of carbonyl (C=O) groups excluding carboxylic acids is 2. The van der Waals surface area contributed by atoms with Crippen LogP contribution < -0.4 is 5.32 Å². The molecule has 0 saturated carbocycles. The number of esters is 1. The van der Waals surface area contributed by atoms with Gasteiger partial charge in [0.05, 0.1) is 13.5 Å². The Morgan fingerprint density at radius 1 is 1.04 bits per heavy atom. The Kier molecular flexibility index (Phi) is 7.21. The molecule has 138 valence electrons. The highest BCUT2D eigenvalue weighted by Gasteiger charge is 2.16. The van der Waals surface area contributed by atoms with Crippen molar-refractivity contribution in [1.82, 2.24) is 4.90 Å². The predicted molar refractivity (Wildman–Crippen MR) is 103 cm³/mol. The molecule has 26 heavy (non-hydrogen) atoms. The Morgan fingerprint density at radius 3 is 2.27 bits per heavy atom. The number of carbonyl (C=O) groups is 2. The van der Waals surface area contributed by atoms with E-state index in [1.165, 1.54) is 12.7 Å². The van der Waals surface area contributed by atoms with Crippen LogP contribution in [-0.4, -0.2) is 30.6 Å².